The van der Waals surface area contributed by atoms with Gasteiger partial charge in [-0.05, 0) is 40.0 Å². The highest BCUT2D eigenvalue weighted by Gasteiger charge is 2.39. The van der Waals surface area contributed by atoms with Crippen molar-refractivity contribution in [1.82, 2.24) is 15.0 Å². The minimum absolute atomic E-state index is 0.622. The summed E-state index contributed by atoms with van der Waals surface area (Å²) in [7, 11) is -2.53. The van der Waals surface area contributed by atoms with E-state index < -0.39 is 8.80 Å². The van der Waals surface area contributed by atoms with Crippen molar-refractivity contribution in [3.63, 3.8) is 0 Å². The summed E-state index contributed by atoms with van der Waals surface area (Å²) in [5, 5.41) is 8.39. The van der Waals surface area contributed by atoms with Crippen molar-refractivity contribution in [3.8, 4) is 0 Å². The van der Waals surface area contributed by atoms with Crippen LogP contribution >= 0.6 is 0 Å². The lowest BCUT2D eigenvalue weighted by Gasteiger charge is -2.28. The van der Waals surface area contributed by atoms with Gasteiger partial charge in [-0.25, -0.2) is 0 Å². The van der Waals surface area contributed by atoms with Gasteiger partial charge in [0.1, 0.15) is 0 Å². The molecule has 0 amide bonds. The molecule has 1 rings (SSSR count). The van der Waals surface area contributed by atoms with Crippen LogP contribution in [0.25, 0.3) is 0 Å². The molecule has 0 fully saturated rings. The van der Waals surface area contributed by atoms with E-state index in [9.17, 15) is 0 Å². The third-order valence-corrected chi connectivity index (χ3v) is 6.49. The first-order chi connectivity index (χ1) is 10.7. The highest BCUT2D eigenvalue weighted by Crippen LogP contribution is 2.18. The molecule has 22 heavy (non-hydrogen) atoms. The Kier molecular flexibility index (Phi) is 9.54. The lowest BCUT2D eigenvalue weighted by Crippen LogP contribution is -2.46. The molecule has 6 nitrogen and oxygen atoms in total. The molecule has 0 atom stereocenters. The minimum Gasteiger partial charge on any atom is -0.374 e. The Bertz CT molecular complexity index is 384. The van der Waals surface area contributed by atoms with Gasteiger partial charge < -0.3 is 13.3 Å². The third-order valence-electron chi connectivity index (χ3n) is 3.34. The van der Waals surface area contributed by atoms with Crippen LogP contribution in [0.5, 0.6) is 0 Å². The molecule has 0 aliphatic carbocycles. The first-order valence-electron chi connectivity index (χ1n) is 8.50. The Hall–Kier alpha value is -0.763. The Labute approximate surface area is 135 Å². The number of aromatic nitrogens is 3. The molecule has 0 saturated carbocycles. The molecule has 1 aromatic rings. The normalized spacial score (nSPS) is 12.0. The van der Waals surface area contributed by atoms with Gasteiger partial charge in [0.15, 0.2) is 0 Å². The van der Waals surface area contributed by atoms with Crippen molar-refractivity contribution in [2.75, 3.05) is 19.8 Å². The predicted molar refractivity (Wildman–Crippen MR) is 88.7 cm³/mol. The van der Waals surface area contributed by atoms with Crippen molar-refractivity contribution in [3.05, 3.63) is 11.9 Å². The quantitative estimate of drug-likeness (QED) is 0.521. The van der Waals surface area contributed by atoms with Crippen molar-refractivity contribution in [2.24, 2.45) is 0 Å². The van der Waals surface area contributed by atoms with Crippen LogP contribution < -0.4 is 0 Å². The van der Waals surface area contributed by atoms with Crippen LogP contribution in [0.15, 0.2) is 6.20 Å². The van der Waals surface area contributed by atoms with Crippen LogP contribution in [0.3, 0.4) is 0 Å². The van der Waals surface area contributed by atoms with Gasteiger partial charge in [-0.1, -0.05) is 18.6 Å². The number of rotatable bonds is 13. The fraction of sp³-hybridized carbons (Fsp3) is 0.867. The van der Waals surface area contributed by atoms with Gasteiger partial charge in [0.25, 0.3) is 0 Å². The molecule has 0 bridgehead atoms. The molecule has 1 aromatic heterocycles. The fourth-order valence-electron chi connectivity index (χ4n) is 2.38. The van der Waals surface area contributed by atoms with E-state index in [1.165, 1.54) is 6.42 Å². The monoisotopic (exact) mass is 329 g/mol. The Morgan fingerprint density at radius 3 is 2.18 bits per heavy atom. The van der Waals surface area contributed by atoms with Crippen molar-refractivity contribution < 1.29 is 13.3 Å². The van der Waals surface area contributed by atoms with Crippen LogP contribution in [-0.4, -0.2) is 43.6 Å². The summed E-state index contributed by atoms with van der Waals surface area (Å²) < 4.78 is 19.5. The number of aryl methyl sites for hydroxylation is 2. The highest BCUT2D eigenvalue weighted by atomic mass is 28.4. The van der Waals surface area contributed by atoms with E-state index in [1.54, 1.807) is 0 Å². The van der Waals surface area contributed by atoms with Gasteiger partial charge in [-0.3, -0.25) is 4.68 Å². The number of nitrogens with zero attached hydrogens (tertiary/aromatic N) is 3. The zero-order valence-corrected chi connectivity index (χ0v) is 15.5. The topological polar surface area (TPSA) is 58.4 Å². The molecule has 0 N–H and O–H groups in total. The van der Waals surface area contributed by atoms with Crippen LogP contribution in [0.2, 0.25) is 6.04 Å². The highest BCUT2D eigenvalue weighted by molar-refractivity contribution is 6.60. The average molecular weight is 330 g/mol. The molecule has 0 aliphatic heterocycles. The van der Waals surface area contributed by atoms with E-state index in [1.807, 2.05) is 31.6 Å². The van der Waals surface area contributed by atoms with E-state index >= 15 is 0 Å². The van der Waals surface area contributed by atoms with Gasteiger partial charge in [0, 0.05) is 38.6 Å². The van der Waals surface area contributed by atoms with Crippen molar-refractivity contribution >= 4 is 8.80 Å². The zero-order chi connectivity index (χ0) is 16.3. The standard InChI is InChI=1S/C15H31N3O3Si/c1-5-9-11-15-14-18(17-16-15)12-10-13-22(19-6-2,20-7-3)21-8-4/h14H,5-13H2,1-4H3. The van der Waals surface area contributed by atoms with Gasteiger partial charge in [0.05, 0.1) is 5.69 Å². The maximum Gasteiger partial charge on any atom is 0.500 e. The largest absolute Gasteiger partial charge is 0.500 e. The minimum atomic E-state index is -2.53. The van der Waals surface area contributed by atoms with Crippen LogP contribution in [0.4, 0.5) is 0 Å². The molecule has 1 heterocycles. The summed E-state index contributed by atoms with van der Waals surface area (Å²) in [5.41, 5.74) is 1.07. The summed E-state index contributed by atoms with van der Waals surface area (Å²) in [5.74, 6) is 0. The molecule has 0 aromatic carbocycles. The van der Waals surface area contributed by atoms with Gasteiger partial charge in [0.2, 0.25) is 0 Å². The maximum atomic E-state index is 5.86. The molecule has 0 saturated heterocycles. The van der Waals surface area contributed by atoms with Gasteiger partial charge in [-0.2, -0.15) is 0 Å². The molecular formula is C15H31N3O3Si. The smallest absolute Gasteiger partial charge is 0.374 e. The Morgan fingerprint density at radius 1 is 1.00 bits per heavy atom. The Morgan fingerprint density at radius 2 is 1.64 bits per heavy atom. The second-order valence-electron chi connectivity index (χ2n) is 5.16. The molecule has 0 spiro atoms. The summed E-state index contributed by atoms with van der Waals surface area (Å²) in [6.45, 7) is 10.8. The summed E-state index contributed by atoms with van der Waals surface area (Å²) >= 11 is 0. The first kappa shape index (κ1) is 19.3. The van der Waals surface area contributed by atoms with E-state index in [2.05, 4.69) is 17.2 Å². The van der Waals surface area contributed by atoms with E-state index in [4.69, 9.17) is 13.3 Å². The van der Waals surface area contributed by atoms with Gasteiger partial charge >= 0.3 is 8.80 Å². The summed E-state index contributed by atoms with van der Waals surface area (Å²) in [6, 6.07) is 0.812. The second kappa shape index (κ2) is 10.9. The number of hydrogen-bond acceptors (Lipinski definition) is 5. The van der Waals surface area contributed by atoms with Crippen LogP contribution in [-0.2, 0) is 26.2 Å². The van der Waals surface area contributed by atoms with E-state index in [-0.39, 0.29) is 0 Å². The molecule has 0 unspecified atom stereocenters. The van der Waals surface area contributed by atoms with E-state index in [0.717, 1.165) is 37.5 Å². The molecule has 0 aliphatic rings. The fourth-order valence-corrected chi connectivity index (χ4v) is 4.97. The van der Waals surface area contributed by atoms with Gasteiger partial charge in [-0.15, -0.1) is 5.10 Å². The lowest BCUT2D eigenvalue weighted by molar-refractivity contribution is 0.0704. The number of hydrogen-bond donors (Lipinski definition) is 0. The molecular weight excluding hydrogens is 298 g/mol. The Balaban J connectivity index is 2.48. The maximum absolute atomic E-state index is 5.86. The summed E-state index contributed by atoms with van der Waals surface area (Å²) in [4.78, 5) is 0. The van der Waals surface area contributed by atoms with Crippen molar-refractivity contribution in [2.45, 2.75) is 66.0 Å². The first-order valence-corrected chi connectivity index (χ1v) is 10.4. The SMILES string of the molecule is CCCCc1cn(CCC[Si](OCC)(OCC)OCC)nn1. The number of unbranched alkanes of at least 4 members (excludes halogenated alkanes) is 1. The molecule has 128 valence electrons. The second-order valence-corrected chi connectivity index (χ2v) is 7.89. The zero-order valence-electron chi connectivity index (χ0n) is 14.5. The van der Waals surface area contributed by atoms with Crippen molar-refractivity contribution in [1.29, 1.82) is 0 Å². The van der Waals surface area contributed by atoms with Crippen LogP contribution in [0.1, 0.15) is 52.7 Å². The average Bonchev–Trinajstić information content (AvgIpc) is 2.94. The molecule has 0 radical (unpaired) electrons. The molecule has 7 heteroatoms. The van der Waals surface area contributed by atoms with E-state index in [0.29, 0.717) is 19.8 Å². The lowest BCUT2D eigenvalue weighted by atomic mass is 10.2. The summed E-state index contributed by atoms with van der Waals surface area (Å²) in [6.07, 6.45) is 6.31. The predicted octanol–water partition coefficient (Wildman–Crippen LogP) is 3.06. The third kappa shape index (κ3) is 6.56. The van der Waals surface area contributed by atoms with Crippen LogP contribution in [0, 0.1) is 0 Å².